The molecule has 156 valence electrons. The first-order valence-electron chi connectivity index (χ1n) is 10.6. The van der Waals surface area contributed by atoms with Crippen LogP contribution in [0.25, 0.3) is 22.2 Å². The van der Waals surface area contributed by atoms with Gasteiger partial charge in [-0.2, -0.15) is 10.2 Å². The zero-order valence-electron chi connectivity index (χ0n) is 17.5. The Morgan fingerprint density at radius 3 is 2.71 bits per heavy atom. The highest BCUT2D eigenvalue weighted by molar-refractivity contribution is 5.98. The molecule has 1 aliphatic heterocycles. The van der Waals surface area contributed by atoms with Crippen molar-refractivity contribution in [1.29, 1.82) is 0 Å². The molecule has 0 amide bonds. The summed E-state index contributed by atoms with van der Waals surface area (Å²) in [5.41, 5.74) is 4.21. The molecule has 31 heavy (non-hydrogen) atoms. The number of nitrogens with zero attached hydrogens (tertiary/aromatic N) is 6. The largest absolute Gasteiger partial charge is 0.357 e. The lowest BCUT2D eigenvalue weighted by Gasteiger charge is -2.27. The predicted molar refractivity (Wildman–Crippen MR) is 120 cm³/mol. The maximum absolute atomic E-state index is 13.0. The Hall–Kier alpha value is -3.61. The van der Waals surface area contributed by atoms with Crippen LogP contribution in [0.15, 0.2) is 55.1 Å². The number of aryl methyl sites for hydroxylation is 1. The number of piperidine rings is 1. The molecule has 0 saturated carbocycles. The fourth-order valence-electron chi connectivity index (χ4n) is 4.12. The number of fused-ring (bicyclic) bond motifs is 1. The molecule has 0 spiro atoms. The van der Waals surface area contributed by atoms with Crippen LogP contribution in [-0.2, 0) is 13.5 Å². The van der Waals surface area contributed by atoms with Gasteiger partial charge in [0.15, 0.2) is 5.78 Å². The molecular weight excluding hydrogens is 388 g/mol. The maximum Gasteiger partial charge on any atom is 0.169 e. The fraction of sp³-hybridized carbons (Fsp3) is 0.292. The summed E-state index contributed by atoms with van der Waals surface area (Å²) in [6.07, 6.45) is 9.16. The van der Waals surface area contributed by atoms with E-state index in [9.17, 15) is 4.79 Å². The number of aromatic nitrogens is 5. The number of hydrogen-bond acceptors (Lipinski definition) is 6. The van der Waals surface area contributed by atoms with Gasteiger partial charge < -0.3 is 9.47 Å². The van der Waals surface area contributed by atoms with Gasteiger partial charge in [-0.1, -0.05) is 6.07 Å². The minimum absolute atomic E-state index is 0.0251. The highest BCUT2D eigenvalue weighted by Crippen LogP contribution is 2.24. The Bertz CT molecular complexity index is 1240. The minimum atomic E-state index is 0.0251. The molecule has 0 radical (unpaired) electrons. The Kier molecular flexibility index (Phi) is 5.16. The van der Waals surface area contributed by atoms with Gasteiger partial charge in [0, 0.05) is 42.8 Å². The standard InChI is InChI=1S/C24H24N6O/c1-29-16-25-15-22(29)17-5-6-21-19(11-17)12-20(27-28-21)14-23(31)18-7-8-26-24(13-18)30-9-3-2-4-10-30/h5-8,11-13,15-16H,2-4,9-10,14H2,1H3. The van der Waals surface area contributed by atoms with Crippen molar-refractivity contribution in [2.45, 2.75) is 25.7 Å². The monoisotopic (exact) mass is 412 g/mol. The second-order valence-electron chi connectivity index (χ2n) is 8.05. The van der Waals surface area contributed by atoms with E-state index in [0.717, 1.165) is 41.1 Å². The van der Waals surface area contributed by atoms with Gasteiger partial charge in [0.05, 0.1) is 35.8 Å². The zero-order chi connectivity index (χ0) is 21.2. The number of carbonyl (C=O) groups excluding carboxylic acids is 1. The highest BCUT2D eigenvalue weighted by atomic mass is 16.1. The molecule has 0 atom stereocenters. The number of ketones is 1. The van der Waals surface area contributed by atoms with Crippen LogP contribution in [0.2, 0.25) is 0 Å². The van der Waals surface area contributed by atoms with Gasteiger partial charge in [0.25, 0.3) is 0 Å². The second-order valence-corrected chi connectivity index (χ2v) is 8.05. The van der Waals surface area contributed by atoms with Crippen molar-refractivity contribution in [3.8, 4) is 11.3 Å². The summed E-state index contributed by atoms with van der Waals surface area (Å²) in [5, 5.41) is 9.56. The Morgan fingerprint density at radius 1 is 1.03 bits per heavy atom. The lowest BCUT2D eigenvalue weighted by Crippen LogP contribution is -2.30. The molecule has 0 unspecified atom stereocenters. The quantitative estimate of drug-likeness (QED) is 0.464. The van der Waals surface area contributed by atoms with Crippen molar-refractivity contribution >= 4 is 22.5 Å². The Labute approximate surface area is 180 Å². The van der Waals surface area contributed by atoms with E-state index in [1.165, 1.54) is 19.3 Å². The van der Waals surface area contributed by atoms with Gasteiger partial charge in [0.2, 0.25) is 0 Å². The van der Waals surface area contributed by atoms with Gasteiger partial charge >= 0.3 is 0 Å². The van der Waals surface area contributed by atoms with Gasteiger partial charge in [-0.05, 0) is 49.6 Å². The third-order valence-corrected chi connectivity index (χ3v) is 5.84. The van der Waals surface area contributed by atoms with Crippen molar-refractivity contribution in [2.75, 3.05) is 18.0 Å². The number of imidazole rings is 1. The van der Waals surface area contributed by atoms with E-state index in [0.29, 0.717) is 11.3 Å². The summed E-state index contributed by atoms with van der Waals surface area (Å²) in [5.74, 6) is 0.910. The number of pyridine rings is 1. The summed E-state index contributed by atoms with van der Waals surface area (Å²) < 4.78 is 1.98. The summed E-state index contributed by atoms with van der Waals surface area (Å²) >= 11 is 0. The second kappa shape index (κ2) is 8.26. The van der Waals surface area contributed by atoms with E-state index in [2.05, 4.69) is 31.1 Å². The molecule has 3 aromatic heterocycles. The van der Waals surface area contributed by atoms with Crippen LogP contribution in [0.1, 0.15) is 35.3 Å². The summed E-state index contributed by atoms with van der Waals surface area (Å²) in [6.45, 7) is 2.00. The van der Waals surface area contributed by atoms with Crippen LogP contribution in [-0.4, -0.2) is 43.6 Å². The molecule has 0 N–H and O–H groups in total. The lowest BCUT2D eigenvalue weighted by molar-refractivity contribution is 0.0991. The number of anilines is 1. The molecule has 7 heteroatoms. The lowest BCUT2D eigenvalue weighted by atomic mass is 10.0. The Balaban J connectivity index is 1.38. The van der Waals surface area contributed by atoms with E-state index in [1.807, 2.05) is 42.1 Å². The van der Waals surface area contributed by atoms with Crippen LogP contribution in [0.3, 0.4) is 0 Å². The average Bonchev–Trinajstić information content (AvgIpc) is 3.25. The van der Waals surface area contributed by atoms with Gasteiger partial charge in [-0.3, -0.25) is 4.79 Å². The van der Waals surface area contributed by atoms with Crippen LogP contribution in [0, 0.1) is 0 Å². The third kappa shape index (κ3) is 4.03. The molecule has 0 aliphatic carbocycles. The van der Waals surface area contributed by atoms with Crippen LogP contribution >= 0.6 is 0 Å². The van der Waals surface area contributed by atoms with E-state index in [1.54, 1.807) is 18.6 Å². The molecule has 1 aliphatic rings. The third-order valence-electron chi connectivity index (χ3n) is 5.84. The number of hydrogen-bond donors (Lipinski definition) is 0. The van der Waals surface area contributed by atoms with E-state index >= 15 is 0 Å². The molecule has 1 fully saturated rings. The van der Waals surface area contributed by atoms with Crippen LogP contribution < -0.4 is 4.90 Å². The topological polar surface area (TPSA) is 76.8 Å². The average molecular weight is 412 g/mol. The van der Waals surface area contributed by atoms with Gasteiger partial charge in [-0.15, -0.1) is 0 Å². The van der Waals surface area contributed by atoms with Crippen molar-refractivity contribution in [3.63, 3.8) is 0 Å². The van der Waals surface area contributed by atoms with Crippen LogP contribution in [0.5, 0.6) is 0 Å². The SMILES string of the molecule is Cn1cncc1-c1ccc2nnc(CC(=O)c3ccnc(N4CCCCC4)c3)cc2c1. The molecule has 4 heterocycles. The summed E-state index contributed by atoms with van der Waals surface area (Å²) in [7, 11) is 1.97. The van der Waals surface area contributed by atoms with Crippen molar-refractivity contribution in [2.24, 2.45) is 7.05 Å². The van der Waals surface area contributed by atoms with Gasteiger partial charge in [-0.25, -0.2) is 9.97 Å². The molecule has 0 bridgehead atoms. The Morgan fingerprint density at radius 2 is 1.90 bits per heavy atom. The normalized spacial score (nSPS) is 14.2. The first-order chi connectivity index (χ1) is 15.2. The van der Waals surface area contributed by atoms with Crippen molar-refractivity contribution in [1.82, 2.24) is 24.7 Å². The molecule has 4 aromatic rings. The fourth-order valence-corrected chi connectivity index (χ4v) is 4.12. The first-order valence-corrected chi connectivity index (χ1v) is 10.6. The van der Waals surface area contributed by atoms with E-state index < -0.39 is 0 Å². The molecule has 7 nitrogen and oxygen atoms in total. The van der Waals surface area contributed by atoms with Crippen molar-refractivity contribution < 1.29 is 4.79 Å². The maximum atomic E-state index is 13.0. The van der Waals surface area contributed by atoms with Crippen molar-refractivity contribution in [3.05, 3.63) is 66.4 Å². The molecule has 1 aromatic carbocycles. The molecule has 5 rings (SSSR count). The summed E-state index contributed by atoms with van der Waals surface area (Å²) in [6, 6.07) is 11.7. The number of rotatable bonds is 5. The summed E-state index contributed by atoms with van der Waals surface area (Å²) in [4.78, 5) is 23.9. The number of Topliss-reactive ketones (excluding diaryl/α,β-unsaturated/α-hetero) is 1. The minimum Gasteiger partial charge on any atom is -0.357 e. The number of benzene rings is 1. The zero-order valence-corrected chi connectivity index (χ0v) is 17.5. The van der Waals surface area contributed by atoms with Gasteiger partial charge in [0.1, 0.15) is 5.82 Å². The molecule has 1 saturated heterocycles. The number of carbonyl (C=O) groups is 1. The predicted octanol–water partition coefficient (Wildman–Crippen LogP) is 3.84. The first kappa shape index (κ1) is 19.4. The molecular formula is C24H24N6O. The van der Waals surface area contributed by atoms with Crippen LogP contribution in [0.4, 0.5) is 5.82 Å². The smallest absolute Gasteiger partial charge is 0.169 e. The highest BCUT2D eigenvalue weighted by Gasteiger charge is 2.15. The van der Waals surface area contributed by atoms with E-state index in [-0.39, 0.29) is 12.2 Å². The van der Waals surface area contributed by atoms with E-state index in [4.69, 9.17) is 0 Å².